The van der Waals surface area contributed by atoms with Crippen LogP contribution in [-0.4, -0.2) is 43.4 Å². The number of aryl methyl sites for hydroxylation is 2. The van der Waals surface area contributed by atoms with Crippen LogP contribution >= 0.6 is 23.1 Å². The first-order chi connectivity index (χ1) is 15.6. The first-order valence-electron chi connectivity index (χ1n) is 10.6. The van der Waals surface area contributed by atoms with Gasteiger partial charge in [0.25, 0.3) is 0 Å². The number of aromatic nitrogens is 4. The van der Waals surface area contributed by atoms with E-state index in [4.69, 9.17) is 10.7 Å². The number of thioether (sulfide) groups is 1. The van der Waals surface area contributed by atoms with Crippen molar-refractivity contribution in [1.82, 2.24) is 24.6 Å². The first kappa shape index (κ1) is 21.0. The molecule has 3 aromatic heterocycles. The molecular formula is C23H24N6OS2. The fourth-order valence-electron chi connectivity index (χ4n) is 3.99. The Bertz CT molecular complexity index is 1270. The normalized spacial score (nSPS) is 13.3. The second-order valence-corrected chi connectivity index (χ2v) is 9.98. The second-order valence-electron chi connectivity index (χ2n) is 7.95. The van der Waals surface area contributed by atoms with Gasteiger partial charge in [0, 0.05) is 30.2 Å². The van der Waals surface area contributed by atoms with E-state index >= 15 is 0 Å². The smallest absolute Gasteiger partial charge is 0.233 e. The monoisotopic (exact) mass is 464 g/mol. The van der Waals surface area contributed by atoms with Crippen LogP contribution in [0.3, 0.4) is 0 Å². The van der Waals surface area contributed by atoms with Gasteiger partial charge in [-0.1, -0.05) is 30.0 Å². The van der Waals surface area contributed by atoms with Crippen LogP contribution in [0.1, 0.15) is 28.8 Å². The van der Waals surface area contributed by atoms with Crippen molar-refractivity contribution in [3.8, 4) is 5.69 Å². The molecule has 0 radical (unpaired) electrons. The minimum atomic E-state index is 0.00945. The number of nitrogens with two attached hydrogens (primary N) is 1. The van der Waals surface area contributed by atoms with Crippen molar-refractivity contribution < 1.29 is 4.79 Å². The summed E-state index contributed by atoms with van der Waals surface area (Å²) in [5.74, 6) is 0.806. The molecule has 9 heteroatoms. The van der Waals surface area contributed by atoms with E-state index in [0.29, 0.717) is 17.5 Å². The average molecular weight is 465 g/mol. The van der Waals surface area contributed by atoms with Crippen LogP contribution in [0.25, 0.3) is 15.9 Å². The molecule has 4 aromatic rings. The van der Waals surface area contributed by atoms with Gasteiger partial charge in [-0.2, -0.15) is 5.10 Å². The summed E-state index contributed by atoms with van der Waals surface area (Å²) in [5, 5.41) is 5.98. The van der Waals surface area contributed by atoms with E-state index in [1.54, 1.807) is 29.5 Å². The third-order valence-corrected chi connectivity index (χ3v) is 7.67. The molecule has 5 rings (SSSR count). The standard InChI is InChI=1S/C23H24N6OS2/c1-28(12-15-11-25-29(13-15)16-7-3-2-4-8-16)19(30)14-31-23-26-21(24)20-17-9-5-6-10-18(17)32-22(20)27-23/h2-4,7-8,11,13H,5-6,9-10,12,14H2,1H3,(H2,24,26,27). The zero-order valence-electron chi connectivity index (χ0n) is 17.8. The van der Waals surface area contributed by atoms with E-state index in [1.807, 2.05) is 41.2 Å². The highest BCUT2D eigenvalue weighted by Crippen LogP contribution is 2.38. The number of rotatable bonds is 6. The SMILES string of the molecule is CN(Cc1cnn(-c2ccccc2)c1)C(=O)CSc1nc(N)c2c3c(sc2n1)CCCC3. The average Bonchev–Trinajstić information content (AvgIpc) is 3.42. The number of carbonyl (C=O) groups excluding carboxylic acids is 1. The maximum atomic E-state index is 12.7. The Hall–Kier alpha value is -2.91. The van der Waals surface area contributed by atoms with Crippen molar-refractivity contribution in [3.05, 3.63) is 58.7 Å². The Labute approximate surface area is 194 Å². The lowest BCUT2D eigenvalue weighted by atomic mass is 9.97. The topological polar surface area (TPSA) is 89.9 Å². The number of nitrogens with zero attached hydrogens (tertiary/aromatic N) is 5. The van der Waals surface area contributed by atoms with Gasteiger partial charge in [-0.05, 0) is 43.4 Å². The molecule has 164 valence electrons. The summed E-state index contributed by atoms with van der Waals surface area (Å²) in [6.45, 7) is 0.492. The summed E-state index contributed by atoms with van der Waals surface area (Å²) in [6.07, 6.45) is 8.31. The third-order valence-electron chi connectivity index (χ3n) is 5.65. The number of benzene rings is 1. The molecule has 3 heterocycles. The summed E-state index contributed by atoms with van der Waals surface area (Å²) in [5.41, 5.74) is 9.57. The number of amides is 1. The quantitative estimate of drug-likeness (QED) is 0.341. The highest BCUT2D eigenvalue weighted by atomic mass is 32.2. The Morgan fingerprint density at radius 3 is 2.88 bits per heavy atom. The van der Waals surface area contributed by atoms with Crippen molar-refractivity contribution in [2.45, 2.75) is 37.4 Å². The summed E-state index contributed by atoms with van der Waals surface area (Å²) < 4.78 is 1.81. The van der Waals surface area contributed by atoms with Gasteiger partial charge in [-0.25, -0.2) is 14.6 Å². The maximum absolute atomic E-state index is 12.7. The zero-order chi connectivity index (χ0) is 22.1. The van der Waals surface area contributed by atoms with E-state index in [9.17, 15) is 4.79 Å². The van der Waals surface area contributed by atoms with Gasteiger partial charge >= 0.3 is 0 Å². The summed E-state index contributed by atoms with van der Waals surface area (Å²) in [7, 11) is 1.80. The molecule has 0 unspecified atom stereocenters. The number of hydrogen-bond donors (Lipinski definition) is 1. The molecule has 0 atom stereocenters. The highest BCUT2D eigenvalue weighted by Gasteiger charge is 2.21. The molecule has 1 aliphatic rings. The number of nitrogen functional groups attached to an aromatic ring is 1. The molecule has 1 aromatic carbocycles. The molecule has 1 amide bonds. The van der Waals surface area contributed by atoms with E-state index in [-0.39, 0.29) is 11.7 Å². The van der Waals surface area contributed by atoms with Gasteiger partial charge in [-0.3, -0.25) is 4.79 Å². The molecule has 2 N–H and O–H groups in total. The number of hydrogen-bond acceptors (Lipinski definition) is 7. The second kappa shape index (κ2) is 8.91. The number of fused-ring (bicyclic) bond motifs is 3. The fraction of sp³-hybridized carbons (Fsp3) is 0.304. The lowest BCUT2D eigenvalue weighted by Gasteiger charge is -2.15. The Morgan fingerprint density at radius 2 is 2.03 bits per heavy atom. The van der Waals surface area contributed by atoms with Crippen LogP contribution in [0.5, 0.6) is 0 Å². The summed E-state index contributed by atoms with van der Waals surface area (Å²) in [6, 6.07) is 9.91. The van der Waals surface area contributed by atoms with E-state index in [2.05, 4.69) is 10.1 Å². The molecule has 7 nitrogen and oxygen atoms in total. The Morgan fingerprint density at radius 1 is 1.22 bits per heavy atom. The van der Waals surface area contributed by atoms with E-state index in [0.717, 1.165) is 34.3 Å². The van der Waals surface area contributed by atoms with Crippen LogP contribution in [-0.2, 0) is 24.2 Å². The predicted molar refractivity (Wildman–Crippen MR) is 129 cm³/mol. The van der Waals surface area contributed by atoms with Gasteiger partial charge in [0.15, 0.2) is 5.16 Å². The molecule has 0 bridgehead atoms. The predicted octanol–water partition coefficient (Wildman–Crippen LogP) is 4.09. The van der Waals surface area contributed by atoms with Crippen molar-refractivity contribution in [3.63, 3.8) is 0 Å². The van der Waals surface area contributed by atoms with Crippen molar-refractivity contribution in [2.24, 2.45) is 0 Å². The van der Waals surface area contributed by atoms with Crippen molar-refractivity contribution >= 4 is 45.0 Å². The van der Waals surface area contributed by atoms with Gasteiger partial charge in [0.05, 0.1) is 23.0 Å². The lowest BCUT2D eigenvalue weighted by Crippen LogP contribution is -2.27. The first-order valence-corrected chi connectivity index (χ1v) is 12.4. The van der Waals surface area contributed by atoms with Gasteiger partial charge in [0.1, 0.15) is 10.6 Å². The number of para-hydroxylation sites is 1. The van der Waals surface area contributed by atoms with Crippen LogP contribution in [0, 0.1) is 0 Å². The molecule has 0 fully saturated rings. The molecule has 32 heavy (non-hydrogen) atoms. The number of thiophene rings is 1. The van der Waals surface area contributed by atoms with Gasteiger partial charge in [0.2, 0.25) is 5.91 Å². The van der Waals surface area contributed by atoms with E-state index in [1.165, 1.54) is 35.0 Å². The molecule has 0 aliphatic heterocycles. The maximum Gasteiger partial charge on any atom is 0.233 e. The van der Waals surface area contributed by atoms with E-state index < -0.39 is 0 Å². The Balaban J connectivity index is 1.23. The minimum Gasteiger partial charge on any atom is -0.383 e. The third kappa shape index (κ3) is 4.22. The largest absolute Gasteiger partial charge is 0.383 e. The molecule has 0 saturated heterocycles. The summed E-state index contributed by atoms with van der Waals surface area (Å²) in [4.78, 5) is 25.9. The molecule has 1 aliphatic carbocycles. The van der Waals surface area contributed by atoms with Crippen LogP contribution < -0.4 is 5.73 Å². The van der Waals surface area contributed by atoms with Crippen LogP contribution in [0.4, 0.5) is 5.82 Å². The molecule has 0 saturated carbocycles. The highest BCUT2D eigenvalue weighted by molar-refractivity contribution is 7.99. The van der Waals surface area contributed by atoms with Gasteiger partial charge in [-0.15, -0.1) is 11.3 Å². The molecular weight excluding hydrogens is 440 g/mol. The Kier molecular flexibility index (Phi) is 5.84. The minimum absolute atomic E-state index is 0.00945. The molecule has 0 spiro atoms. The van der Waals surface area contributed by atoms with Crippen molar-refractivity contribution in [1.29, 1.82) is 0 Å². The lowest BCUT2D eigenvalue weighted by molar-refractivity contribution is -0.127. The van der Waals surface area contributed by atoms with Crippen molar-refractivity contribution in [2.75, 3.05) is 18.5 Å². The number of anilines is 1. The van der Waals surface area contributed by atoms with Crippen LogP contribution in [0.2, 0.25) is 0 Å². The van der Waals surface area contributed by atoms with Crippen LogP contribution in [0.15, 0.2) is 47.9 Å². The fourth-order valence-corrected chi connectivity index (χ4v) is 6.11. The zero-order valence-corrected chi connectivity index (χ0v) is 19.5. The summed E-state index contributed by atoms with van der Waals surface area (Å²) >= 11 is 3.06. The van der Waals surface area contributed by atoms with Gasteiger partial charge < -0.3 is 10.6 Å². The number of carbonyl (C=O) groups is 1.